The highest BCUT2D eigenvalue weighted by molar-refractivity contribution is 6.10. The van der Waals surface area contributed by atoms with Crippen molar-refractivity contribution in [3.05, 3.63) is 83.9 Å². The molecule has 0 saturated carbocycles. The summed E-state index contributed by atoms with van der Waals surface area (Å²) >= 11 is 0. The number of hydrogen-bond donors (Lipinski definition) is 0. The number of carbonyl (C=O) groups is 1. The fourth-order valence-electron chi connectivity index (χ4n) is 2.05. The third-order valence-corrected chi connectivity index (χ3v) is 3.11. The number of carbonyl (C=O) groups excluding carboxylic acids is 1. The van der Waals surface area contributed by atoms with E-state index >= 15 is 0 Å². The van der Waals surface area contributed by atoms with Crippen molar-refractivity contribution in [2.75, 3.05) is 0 Å². The first-order valence-electron chi connectivity index (χ1n) is 6.43. The Morgan fingerprint density at radius 3 is 2.25 bits per heavy atom. The van der Waals surface area contributed by atoms with E-state index in [0.29, 0.717) is 5.56 Å². The molecule has 0 saturated heterocycles. The number of ketones is 1. The van der Waals surface area contributed by atoms with Crippen LogP contribution in [0.2, 0.25) is 0 Å². The van der Waals surface area contributed by atoms with Gasteiger partial charge in [0.2, 0.25) is 5.78 Å². The lowest BCUT2D eigenvalue weighted by Gasteiger charge is -1.99. The summed E-state index contributed by atoms with van der Waals surface area (Å²) in [7, 11) is 0. The summed E-state index contributed by atoms with van der Waals surface area (Å²) in [6, 6.07) is 23.2. The van der Waals surface area contributed by atoms with E-state index in [1.54, 1.807) is 0 Å². The Morgan fingerprint density at radius 2 is 1.45 bits per heavy atom. The van der Waals surface area contributed by atoms with Crippen molar-refractivity contribution in [3.63, 3.8) is 0 Å². The summed E-state index contributed by atoms with van der Waals surface area (Å²) in [5.41, 5.74) is 1.48. The molecule has 0 radical (unpaired) electrons. The van der Waals surface area contributed by atoms with Crippen LogP contribution in [-0.4, -0.2) is 5.78 Å². The lowest BCUT2D eigenvalue weighted by molar-refractivity contribution is 0.105. The highest BCUT2D eigenvalue weighted by Gasteiger charge is 2.02. The summed E-state index contributed by atoms with van der Waals surface area (Å²) in [4.78, 5) is 12.1. The molecule has 0 amide bonds. The number of Topliss-reactive ketones (excluding diaryl/α,β-unsaturated/α-hetero) is 1. The first-order chi connectivity index (χ1) is 9.83. The zero-order chi connectivity index (χ0) is 13.8. The molecule has 0 aliphatic heterocycles. The third kappa shape index (κ3) is 2.60. The van der Waals surface area contributed by atoms with E-state index in [1.165, 1.54) is 0 Å². The lowest BCUT2D eigenvalue weighted by Crippen LogP contribution is -1.94. The molecule has 1 nitrogen and oxygen atoms in total. The quantitative estimate of drug-likeness (QED) is 0.473. The molecular weight excluding hydrogens is 244 g/mol. The van der Waals surface area contributed by atoms with Gasteiger partial charge < -0.3 is 0 Å². The minimum Gasteiger partial charge on any atom is -0.279 e. The molecule has 94 valence electrons. The van der Waals surface area contributed by atoms with Crippen LogP contribution in [0.4, 0.5) is 0 Å². The molecule has 3 aromatic rings. The van der Waals surface area contributed by atoms with Crippen LogP contribution in [0, 0.1) is 11.8 Å². The number of rotatable bonds is 1. The van der Waals surface area contributed by atoms with E-state index in [0.717, 1.165) is 16.3 Å². The zero-order valence-electron chi connectivity index (χ0n) is 10.8. The summed E-state index contributed by atoms with van der Waals surface area (Å²) in [6.45, 7) is 0. The van der Waals surface area contributed by atoms with Crippen LogP contribution in [0.1, 0.15) is 15.9 Å². The van der Waals surface area contributed by atoms with Gasteiger partial charge in [0.15, 0.2) is 0 Å². The van der Waals surface area contributed by atoms with Gasteiger partial charge in [-0.15, -0.1) is 0 Å². The van der Waals surface area contributed by atoms with Gasteiger partial charge in [-0.1, -0.05) is 54.5 Å². The maximum absolute atomic E-state index is 12.1. The molecule has 3 rings (SSSR count). The van der Waals surface area contributed by atoms with Crippen LogP contribution in [-0.2, 0) is 0 Å². The fourth-order valence-corrected chi connectivity index (χ4v) is 2.05. The summed E-state index contributed by atoms with van der Waals surface area (Å²) in [5, 5.41) is 2.18. The van der Waals surface area contributed by atoms with Crippen molar-refractivity contribution < 1.29 is 4.79 Å². The van der Waals surface area contributed by atoms with E-state index in [1.807, 2.05) is 72.8 Å². The average molecular weight is 256 g/mol. The molecule has 0 unspecified atom stereocenters. The van der Waals surface area contributed by atoms with Crippen molar-refractivity contribution >= 4 is 16.6 Å². The van der Waals surface area contributed by atoms with Gasteiger partial charge >= 0.3 is 0 Å². The second-order valence-electron chi connectivity index (χ2n) is 4.51. The molecular formula is C19H12O. The van der Waals surface area contributed by atoms with Crippen molar-refractivity contribution in [2.24, 2.45) is 0 Å². The number of benzene rings is 3. The molecule has 1 heteroatoms. The fraction of sp³-hybridized carbons (Fsp3) is 0. The second-order valence-corrected chi connectivity index (χ2v) is 4.51. The maximum Gasteiger partial charge on any atom is 0.236 e. The number of hydrogen-bond acceptors (Lipinski definition) is 1. The molecule has 3 aromatic carbocycles. The van der Waals surface area contributed by atoms with E-state index in [-0.39, 0.29) is 5.78 Å². The molecule has 0 spiro atoms. The van der Waals surface area contributed by atoms with Gasteiger partial charge in [0.1, 0.15) is 0 Å². The van der Waals surface area contributed by atoms with Gasteiger partial charge in [-0.2, -0.15) is 0 Å². The molecule has 0 aromatic heterocycles. The van der Waals surface area contributed by atoms with Crippen LogP contribution in [0.5, 0.6) is 0 Å². The summed E-state index contributed by atoms with van der Waals surface area (Å²) < 4.78 is 0. The second kappa shape index (κ2) is 5.42. The number of fused-ring (bicyclic) bond motifs is 1. The SMILES string of the molecule is O=C(C#Cc1ccccc1)c1ccc2ccccc2c1. The van der Waals surface area contributed by atoms with Gasteiger partial charge in [-0.05, 0) is 41.0 Å². The van der Waals surface area contributed by atoms with E-state index in [4.69, 9.17) is 0 Å². The normalized spacial score (nSPS) is 9.80. The molecule has 20 heavy (non-hydrogen) atoms. The smallest absolute Gasteiger partial charge is 0.236 e. The highest BCUT2D eigenvalue weighted by atomic mass is 16.1. The Morgan fingerprint density at radius 1 is 0.750 bits per heavy atom. The van der Waals surface area contributed by atoms with Gasteiger partial charge in [-0.3, -0.25) is 4.79 Å². The van der Waals surface area contributed by atoms with Gasteiger partial charge in [0.25, 0.3) is 0 Å². The molecule has 0 aliphatic rings. The van der Waals surface area contributed by atoms with Crippen LogP contribution >= 0.6 is 0 Å². The molecule has 0 heterocycles. The van der Waals surface area contributed by atoms with Crippen LogP contribution in [0.15, 0.2) is 72.8 Å². The Bertz CT molecular complexity index is 820. The van der Waals surface area contributed by atoms with Crippen LogP contribution < -0.4 is 0 Å². The van der Waals surface area contributed by atoms with E-state index < -0.39 is 0 Å². The first kappa shape index (κ1) is 12.2. The van der Waals surface area contributed by atoms with E-state index in [9.17, 15) is 4.79 Å². The molecule has 0 bridgehead atoms. The summed E-state index contributed by atoms with van der Waals surface area (Å²) in [5.74, 6) is 5.43. The largest absolute Gasteiger partial charge is 0.279 e. The van der Waals surface area contributed by atoms with Crippen molar-refractivity contribution in [2.45, 2.75) is 0 Å². The van der Waals surface area contributed by atoms with Crippen LogP contribution in [0.3, 0.4) is 0 Å². The molecule has 0 fully saturated rings. The van der Waals surface area contributed by atoms with E-state index in [2.05, 4.69) is 11.8 Å². The Labute approximate surface area is 117 Å². The molecule has 0 atom stereocenters. The maximum atomic E-state index is 12.1. The Balaban J connectivity index is 1.91. The lowest BCUT2D eigenvalue weighted by atomic mass is 10.0. The predicted octanol–water partition coefficient (Wildman–Crippen LogP) is 4.07. The minimum absolute atomic E-state index is 0.153. The molecule has 0 aliphatic carbocycles. The molecule has 0 N–H and O–H groups in total. The first-order valence-corrected chi connectivity index (χ1v) is 6.43. The zero-order valence-corrected chi connectivity index (χ0v) is 10.8. The standard InChI is InChI=1S/C19H12O/c20-19(13-10-15-6-2-1-3-7-15)18-12-11-16-8-4-5-9-17(16)14-18/h1-9,11-12,14H. The predicted molar refractivity (Wildman–Crippen MR) is 81.6 cm³/mol. The van der Waals surface area contributed by atoms with Gasteiger partial charge in [-0.25, -0.2) is 0 Å². The topological polar surface area (TPSA) is 17.1 Å². The Kier molecular flexibility index (Phi) is 3.31. The Hall–Kier alpha value is -2.85. The highest BCUT2D eigenvalue weighted by Crippen LogP contribution is 2.15. The monoisotopic (exact) mass is 256 g/mol. The average Bonchev–Trinajstić information content (AvgIpc) is 2.53. The van der Waals surface area contributed by atoms with Crippen molar-refractivity contribution in [1.29, 1.82) is 0 Å². The summed E-state index contributed by atoms with van der Waals surface area (Å²) in [6.07, 6.45) is 0. The third-order valence-electron chi connectivity index (χ3n) is 3.11. The van der Waals surface area contributed by atoms with Crippen LogP contribution in [0.25, 0.3) is 10.8 Å². The van der Waals surface area contributed by atoms with Gasteiger partial charge in [0, 0.05) is 11.1 Å². The van der Waals surface area contributed by atoms with Gasteiger partial charge in [0.05, 0.1) is 0 Å². The van der Waals surface area contributed by atoms with Crippen molar-refractivity contribution in [3.8, 4) is 11.8 Å². The minimum atomic E-state index is -0.153. The van der Waals surface area contributed by atoms with Crippen molar-refractivity contribution in [1.82, 2.24) is 0 Å².